The number of aliphatic hydroxyl groups is 1. The van der Waals surface area contributed by atoms with E-state index in [2.05, 4.69) is 22.3 Å². The Kier molecular flexibility index (Phi) is 4.41. The summed E-state index contributed by atoms with van der Waals surface area (Å²) in [6.07, 6.45) is 0. The van der Waals surface area contributed by atoms with Crippen LogP contribution in [-0.2, 0) is 0 Å². The molecule has 5 nitrogen and oxygen atoms in total. The van der Waals surface area contributed by atoms with Gasteiger partial charge in [0.25, 0.3) is 5.91 Å². The maximum Gasteiger partial charge on any atom is 0.261 e. The van der Waals surface area contributed by atoms with Gasteiger partial charge in [-0.15, -0.1) is 0 Å². The van der Waals surface area contributed by atoms with Gasteiger partial charge < -0.3 is 14.9 Å². The summed E-state index contributed by atoms with van der Waals surface area (Å²) in [6.45, 7) is 5.14. The number of aryl methyl sites for hydroxylation is 3. The van der Waals surface area contributed by atoms with E-state index in [1.54, 1.807) is 26.0 Å². The van der Waals surface area contributed by atoms with Crippen molar-refractivity contribution in [1.82, 2.24) is 5.16 Å². The van der Waals surface area contributed by atoms with Gasteiger partial charge in [-0.3, -0.25) is 4.79 Å². The van der Waals surface area contributed by atoms with Crippen LogP contribution in [0.4, 0.5) is 5.69 Å². The molecule has 21 heavy (non-hydrogen) atoms. The lowest BCUT2D eigenvalue weighted by atomic mass is 10.1. The maximum absolute atomic E-state index is 12.2. The monoisotopic (exact) mass is 284 g/mol. The lowest BCUT2D eigenvalue weighted by molar-refractivity contribution is 0.102. The molecule has 1 amide bonds. The smallest absolute Gasteiger partial charge is 0.261 e. The van der Waals surface area contributed by atoms with Gasteiger partial charge in [-0.05, 0) is 38.5 Å². The fourth-order valence-electron chi connectivity index (χ4n) is 1.97. The molecule has 2 aromatic rings. The molecule has 1 aromatic carbocycles. The van der Waals surface area contributed by atoms with Crippen molar-refractivity contribution in [3.63, 3.8) is 0 Å². The summed E-state index contributed by atoms with van der Waals surface area (Å²) in [5, 5.41) is 15.3. The van der Waals surface area contributed by atoms with Crippen LogP contribution in [-0.4, -0.2) is 22.8 Å². The van der Waals surface area contributed by atoms with Crippen molar-refractivity contribution in [1.29, 1.82) is 0 Å². The highest BCUT2D eigenvalue weighted by Gasteiger charge is 2.17. The number of rotatable bonds is 2. The second-order valence-electron chi connectivity index (χ2n) is 4.64. The van der Waals surface area contributed by atoms with Crippen LogP contribution in [0.1, 0.15) is 32.9 Å². The molecular formula is C16H16N2O3. The Balaban J connectivity index is 2.26. The Hall–Kier alpha value is -2.58. The van der Waals surface area contributed by atoms with Crippen molar-refractivity contribution < 1.29 is 14.4 Å². The molecule has 0 atom stereocenters. The van der Waals surface area contributed by atoms with Crippen molar-refractivity contribution >= 4 is 11.6 Å². The van der Waals surface area contributed by atoms with Gasteiger partial charge in [-0.25, -0.2) is 0 Å². The number of hydrogen-bond acceptors (Lipinski definition) is 4. The Labute approximate surface area is 123 Å². The number of nitrogens with one attached hydrogen (secondary N) is 1. The molecular weight excluding hydrogens is 268 g/mol. The predicted molar refractivity (Wildman–Crippen MR) is 79.1 cm³/mol. The number of aliphatic hydroxyl groups excluding tert-OH is 1. The first-order valence-electron chi connectivity index (χ1n) is 6.47. The number of hydrogen-bond donors (Lipinski definition) is 2. The van der Waals surface area contributed by atoms with Crippen molar-refractivity contribution in [2.75, 3.05) is 11.9 Å². The number of benzene rings is 1. The quantitative estimate of drug-likeness (QED) is 0.829. The van der Waals surface area contributed by atoms with E-state index >= 15 is 0 Å². The number of carbonyl (C=O) groups is 1. The van der Waals surface area contributed by atoms with Crippen LogP contribution in [0.5, 0.6) is 0 Å². The molecule has 0 fully saturated rings. The summed E-state index contributed by atoms with van der Waals surface area (Å²) in [7, 11) is 0. The Morgan fingerprint density at radius 1 is 1.38 bits per heavy atom. The summed E-state index contributed by atoms with van der Waals surface area (Å²) in [5.41, 5.74) is 3.37. The van der Waals surface area contributed by atoms with E-state index in [4.69, 9.17) is 9.63 Å². The first-order valence-corrected chi connectivity index (χ1v) is 6.47. The SMILES string of the molecule is Cc1ccc(NC(=O)c2c(C)noc2C)cc1C#CCO. The van der Waals surface area contributed by atoms with E-state index < -0.39 is 0 Å². The normalized spacial score (nSPS) is 9.90. The van der Waals surface area contributed by atoms with Gasteiger partial charge >= 0.3 is 0 Å². The van der Waals surface area contributed by atoms with Crippen molar-refractivity contribution in [2.45, 2.75) is 20.8 Å². The molecule has 2 N–H and O–H groups in total. The van der Waals surface area contributed by atoms with Crippen LogP contribution in [0.25, 0.3) is 0 Å². The zero-order valence-corrected chi connectivity index (χ0v) is 12.2. The van der Waals surface area contributed by atoms with E-state index in [0.29, 0.717) is 22.7 Å². The fraction of sp³-hybridized carbons (Fsp3) is 0.250. The molecule has 0 radical (unpaired) electrons. The average Bonchev–Trinajstić information content (AvgIpc) is 2.78. The van der Waals surface area contributed by atoms with E-state index in [1.165, 1.54) is 0 Å². The van der Waals surface area contributed by atoms with Crippen LogP contribution in [0, 0.1) is 32.6 Å². The largest absolute Gasteiger partial charge is 0.384 e. The molecule has 5 heteroatoms. The molecule has 0 spiro atoms. The highest BCUT2D eigenvalue weighted by atomic mass is 16.5. The Morgan fingerprint density at radius 2 is 2.14 bits per heavy atom. The van der Waals surface area contributed by atoms with Crippen LogP contribution < -0.4 is 5.32 Å². The average molecular weight is 284 g/mol. The lowest BCUT2D eigenvalue weighted by Gasteiger charge is -2.07. The Morgan fingerprint density at radius 3 is 2.76 bits per heavy atom. The van der Waals surface area contributed by atoms with Crippen LogP contribution in [0.2, 0.25) is 0 Å². The van der Waals surface area contributed by atoms with Gasteiger partial charge in [0.1, 0.15) is 17.9 Å². The molecule has 0 aliphatic rings. The third kappa shape index (κ3) is 3.30. The van der Waals surface area contributed by atoms with E-state index in [-0.39, 0.29) is 12.5 Å². The predicted octanol–water partition coefficient (Wildman–Crippen LogP) is 2.20. The number of nitrogens with zero attached hydrogens (tertiary/aromatic N) is 1. The zero-order valence-electron chi connectivity index (χ0n) is 12.2. The highest BCUT2D eigenvalue weighted by molar-refractivity contribution is 6.05. The second-order valence-corrected chi connectivity index (χ2v) is 4.64. The molecule has 1 aromatic heterocycles. The van der Waals surface area contributed by atoms with Gasteiger partial charge in [0.2, 0.25) is 0 Å². The van der Waals surface area contributed by atoms with Crippen LogP contribution in [0.3, 0.4) is 0 Å². The molecule has 0 aliphatic carbocycles. The second kappa shape index (κ2) is 6.25. The first kappa shape index (κ1) is 14.8. The Bertz CT molecular complexity index is 716. The molecule has 0 saturated carbocycles. The summed E-state index contributed by atoms with van der Waals surface area (Å²) in [5.74, 6) is 5.67. The maximum atomic E-state index is 12.2. The van der Waals surface area contributed by atoms with Gasteiger partial charge in [0, 0.05) is 11.3 Å². The van der Waals surface area contributed by atoms with Gasteiger partial charge in [-0.2, -0.15) is 0 Å². The van der Waals surface area contributed by atoms with Crippen LogP contribution in [0.15, 0.2) is 22.7 Å². The summed E-state index contributed by atoms with van der Waals surface area (Å²) >= 11 is 0. The summed E-state index contributed by atoms with van der Waals surface area (Å²) < 4.78 is 4.99. The van der Waals surface area contributed by atoms with Crippen LogP contribution >= 0.6 is 0 Å². The summed E-state index contributed by atoms with van der Waals surface area (Å²) in [4.78, 5) is 12.2. The molecule has 0 unspecified atom stereocenters. The van der Waals surface area contributed by atoms with Crippen molar-refractivity contribution in [2.24, 2.45) is 0 Å². The van der Waals surface area contributed by atoms with Gasteiger partial charge in [0.05, 0.1) is 5.69 Å². The third-order valence-electron chi connectivity index (χ3n) is 3.06. The first-order chi connectivity index (χ1) is 10.0. The molecule has 2 rings (SSSR count). The number of carbonyl (C=O) groups excluding carboxylic acids is 1. The van der Waals surface area contributed by atoms with Gasteiger partial charge in [0.15, 0.2) is 0 Å². The topological polar surface area (TPSA) is 75.4 Å². The van der Waals surface area contributed by atoms with E-state index in [1.807, 2.05) is 13.0 Å². The lowest BCUT2D eigenvalue weighted by Crippen LogP contribution is -2.13. The van der Waals surface area contributed by atoms with E-state index in [0.717, 1.165) is 11.1 Å². The number of amides is 1. The minimum Gasteiger partial charge on any atom is -0.384 e. The minimum atomic E-state index is -0.267. The molecule has 0 saturated heterocycles. The zero-order chi connectivity index (χ0) is 15.4. The van der Waals surface area contributed by atoms with Crippen molar-refractivity contribution in [3.8, 4) is 11.8 Å². The molecule has 1 heterocycles. The van der Waals surface area contributed by atoms with Crippen molar-refractivity contribution in [3.05, 3.63) is 46.3 Å². The molecule has 108 valence electrons. The fourth-order valence-corrected chi connectivity index (χ4v) is 1.97. The third-order valence-corrected chi connectivity index (χ3v) is 3.06. The number of anilines is 1. The minimum absolute atomic E-state index is 0.199. The van der Waals surface area contributed by atoms with E-state index in [9.17, 15) is 4.79 Å². The number of aromatic nitrogens is 1. The highest BCUT2D eigenvalue weighted by Crippen LogP contribution is 2.18. The molecule has 0 aliphatic heterocycles. The summed E-state index contributed by atoms with van der Waals surface area (Å²) in [6, 6.07) is 5.44. The molecule has 0 bridgehead atoms. The van der Waals surface area contributed by atoms with Gasteiger partial charge in [-0.1, -0.05) is 23.1 Å². The standard InChI is InChI=1S/C16H16N2O3/c1-10-6-7-14(9-13(10)5-4-8-19)17-16(20)15-11(2)18-21-12(15)3/h6-7,9,19H,8H2,1-3H3,(H,17,20).